The van der Waals surface area contributed by atoms with Crippen LogP contribution in [0.15, 0.2) is 39.1 Å². The molecule has 7 heteroatoms. The molecule has 0 spiro atoms. The third-order valence-corrected chi connectivity index (χ3v) is 4.94. The molecule has 1 aliphatic heterocycles. The molecule has 0 unspecified atom stereocenters. The number of ether oxygens (including phenoxy) is 2. The predicted octanol–water partition coefficient (Wildman–Crippen LogP) is 3.15. The zero-order valence-corrected chi connectivity index (χ0v) is 15.2. The van der Waals surface area contributed by atoms with E-state index >= 15 is 0 Å². The van der Waals surface area contributed by atoms with Gasteiger partial charge in [0.15, 0.2) is 17.5 Å². The number of nitrogens with zero attached hydrogens (tertiary/aromatic N) is 1. The van der Waals surface area contributed by atoms with Crippen LogP contribution in [0.4, 0.5) is 0 Å². The maximum absolute atomic E-state index is 5.43. The molecular formula is C16H18BrN3O2S. The molecule has 2 N–H and O–H groups in total. The Bertz CT molecular complexity index is 689. The van der Waals surface area contributed by atoms with E-state index in [1.807, 2.05) is 12.1 Å². The maximum Gasteiger partial charge on any atom is 0.231 e. The maximum atomic E-state index is 5.43. The van der Waals surface area contributed by atoms with E-state index in [2.05, 4.69) is 49.1 Å². The molecule has 0 bridgehead atoms. The third kappa shape index (κ3) is 4.17. The Hall–Kier alpha value is -1.73. The van der Waals surface area contributed by atoms with Crippen LogP contribution in [0.1, 0.15) is 10.4 Å². The van der Waals surface area contributed by atoms with Crippen LogP contribution in [0.5, 0.6) is 11.5 Å². The second-order valence-corrected chi connectivity index (χ2v) is 6.88. The number of aliphatic imine (C=N–C) groups is 1. The number of hydrogen-bond acceptors (Lipinski definition) is 4. The van der Waals surface area contributed by atoms with Gasteiger partial charge in [-0.05, 0) is 51.5 Å². The zero-order chi connectivity index (χ0) is 16.1. The Balaban J connectivity index is 1.51. The number of halogens is 1. The van der Waals surface area contributed by atoms with Crippen molar-refractivity contribution < 1.29 is 9.47 Å². The van der Waals surface area contributed by atoms with Crippen molar-refractivity contribution in [3.05, 3.63) is 44.6 Å². The van der Waals surface area contributed by atoms with Gasteiger partial charge >= 0.3 is 0 Å². The van der Waals surface area contributed by atoms with Gasteiger partial charge < -0.3 is 20.1 Å². The Morgan fingerprint density at radius 2 is 2.26 bits per heavy atom. The number of fused-ring (bicyclic) bond motifs is 1. The second-order valence-electron chi connectivity index (χ2n) is 4.99. The summed E-state index contributed by atoms with van der Waals surface area (Å²) in [7, 11) is 1.77. The highest BCUT2D eigenvalue weighted by Crippen LogP contribution is 2.39. The summed E-state index contributed by atoms with van der Waals surface area (Å²) in [6.45, 7) is 1.79. The Morgan fingerprint density at radius 3 is 3.04 bits per heavy atom. The van der Waals surface area contributed by atoms with E-state index in [-0.39, 0.29) is 6.79 Å². The molecule has 0 radical (unpaired) electrons. The van der Waals surface area contributed by atoms with Crippen molar-refractivity contribution in [3.63, 3.8) is 0 Å². The van der Waals surface area contributed by atoms with E-state index in [4.69, 9.17) is 9.47 Å². The van der Waals surface area contributed by atoms with E-state index in [0.29, 0.717) is 6.54 Å². The first-order valence-electron chi connectivity index (χ1n) is 7.31. The largest absolute Gasteiger partial charge is 0.454 e. The van der Waals surface area contributed by atoms with Gasteiger partial charge in [0.05, 0.1) is 4.47 Å². The minimum atomic E-state index is 0.275. The van der Waals surface area contributed by atoms with Crippen molar-refractivity contribution in [1.29, 1.82) is 0 Å². The Morgan fingerprint density at radius 1 is 1.35 bits per heavy atom. The SMILES string of the molecule is CN=C(NCCc1cccs1)NCc1cc(Br)c2c(c1)OCO2. The summed E-state index contributed by atoms with van der Waals surface area (Å²) in [5, 5.41) is 8.73. The molecule has 3 rings (SSSR count). The average Bonchev–Trinajstić information content (AvgIpc) is 3.22. The third-order valence-electron chi connectivity index (χ3n) is 3.41. The molecule has 0 saturated carbocycles. The van der Waals surface area contributed by atoms with Crippen LogP contribution in [-0.2, 0) is 13.0 Å². The van der Waals surface area contributed by atoms with Crippen LogP contribution in [0, 0.1) is 0 Å². The molecule has 0 aliphatic carbocycles. The number of thiophene rings is 1. The standard InChI is InChI=1S/C16H18BrN3O2S/c1-18-16(19-5-4-12-3-2-6-23-12)20-9-11-7-13(17)15-14(8-11)21-10-22-15/h2-3,6-8H,4-5,9-10H2,1H3,(H2,18,19,20). The summed E-state index contributed by atoms with van der Waals surface area (Å²) in [5.41, 5.74) is 1.10. The number of rotatable bonds is 5. The summed E-state index contributed by atoms with van der Waals surface area (Å²) < 4.78 is 11.7. The normalized spacial score (nSPS) is 13.2. The molecule has 1 aromatic carbocycles. The molecule has 0 saturated heterocycles. The van der Waals surface area contributed by atoms with E-state index in [0.717, 1.165) is 40.5 Å². The average molecular weight is 396 g/mol. The van der Waals surface area contributed by atoms with Gasteiger partial charge in [0.25, 0.3) is 0 Å². The number of nitrogens with one attached hydrogen (secondary N) is 2. The highest BCUT2D eigenvalue weighted by molar-refractivity contribution is 9.10. The van der Waals surface area contributed by atoms with Gasteiger partial charge in [0, 0.05) is 25.0 Å². The van der Waals surface area contributed by atoms with Gasteiger partial charge in [-0.25, -0.2) is 0 Å². The van der Waals surface area contributed by atoms with Gasteiger partial charge in [-0.15, -0.1) is 11.3 Å². The molecule has 0 fully saturated rings. The molecule has 23 heavy (non-hydrogen) atoms. The number of benzene rings is 1. The second kappa shape index (κ2) is 7.70. The van der Waals surface area contributed by atoms with Crippen molar-refractivity contribution in [1.82, 2.24) is 10.6 Å². The molecule has 122 valence electrons. The first-order valence-corrected chi connectivity index (χ1v) is 8.98. The van der Waals surface area contributed by atoms with Gasteiger partial charge in [-0.1, -0.05) is 6.07 Å². The molecule has 5 nitrogen and oxygen atoms in total. The molecule has 0 atom stereocenters. The fraction of sp³-hybridized carbons (Fsp3) is 0.312. The van der Waals surface area contributed by atoms with Gasteiger partial charge in [0.1, 0.15) is 0 Å². The lowest BCUT2D eigenvalue weighted by atomic mass is 10.2. The Kier molecular flexibility index (Phi) is 5.40. The molecular weight excluding hydrogens is 378 g/mol. The summed E-state index contributed by atoms with van der Waals surface area (Å²) in [4.78, 5) is 5.62. The lowest BCUT2D eigenvalue weighted by Crippen LogP contribution is -2.37. The lowest BCUT2D eigenvalue weighted by Gasteiger charge is -2.12. The van der Waals surface area contributed by atoms with Crippen molar-refractivity contribution >= 4 is 33.2 Å². The van der Waals surface area contributed by atoms with Crippen LogP contribution in [0.3, 0.4) is 0 Å². The summed E-state index contributed by atoms with van der Waals surface area (Å²) in [5.74, 6) is 2.33. The summed E-state index contributed by atoms with van der Waals surface area (Å²) in [6, 6.07) is 8.23. The summed E-state index contributed by atoms with van der Waals surface area (Å²) in [6.07, 6.45) is 0.994. The number of guanidine groups is 1. The van der Waals surface area contributed by atoms with Crippen LogP contribution in [-0.4, -0.2) is 26.3 Å². The Labute approximate surface area is 147 Å². The van der Waals surface area contributed by atoms with Crippen LogP contribution < -0.4 is 20.1 Å². The van der Waals surface area contributed by atoms with Crippen LogP contribution in [0.25, 0.3) is 0 Å². The van der Waals surface area contributed by atoms with Crippen molar-refractivity contribution in [2.24, 2.45) is 4.99 Å². The minimum absolute atomic E-state index is 0.275. The molecule has 1 aromatic heterocycles. The lowest BCUT2D eigenvalue weighted by molar-refractivity contribution is 0.173. The predicted molar refractivity (Wildman–Crippen MR) is 96.5 cm³/mol. The van der Waals surface area contributed by atoms with Crippen molar-refractivity contribution in [2.45, 2.75) is 13.0 Å². The molecule has 2 aromatic rings. The van der Waals surface area contributed by atoms with E-state index in [9.17, 15) is 0 Å². The van der Waals surface area contributed by atoms with E-state index in [1.54, 1.807) is 18.4 Å². The fourth-order valence-corrected chi connectivity index (χ4v) is 3.60. The monoisotopic (exact) mass is 395 g/mol. The van der Waals surface area contributed by atoms with Crippen molar-refractivity contribution in [3.8, 4) is 11.5 Å². The molecule has 2 heterocycles. The smallest absolute Gasteiger partial charge is 0.231 e. The van der Waals surface area contributed by atoms with Crippen LogP contribution >= 0.6 is 27.3 Å². The van der Waals surface area contributed by atoms with Crippen molar-refractivity contribution in [2.75, 3.05) is 20.4 Å². The topological polar surface area (TPSA) is 54.9 Å². The van der Waals surface area contributed by atoms with E-state index in [1.165, 1.54) is 4.88 Å². The number of hydrogen-bond donors (Lipinski definition) is 2. The first kappa shape index (κ1) is 16.1. The fourth-order valence-electron chi connectivity index (χ4n) is 2.29. The van der Waals surface area contributed by atoms with Gasteiger partial charge in [0.2, 0.25) is 6.79 Å². The highest BCUT2D eigenvalue weighted by atomic mass is 79.9. The van der Waals surface area contributed by atoms with Gasteiger partial charge in [-0.3, -0.25) is 4.99 Å². The van der Waals surface area contributed by atoms with Gasteiger partial charge in [-0.2, -0.15) is 0 Å². The minimum Gasteiger partial charge on any atom is -0.454 e. The van der Waals surface area contributed by atoms with Crippen LogP contribution in [0.2, 0.25) is 0 Å². The molecule has 1 aliphatic rings. The highest BCUT2D eigenvalue weighted by Gasteiger charge is 2.17. The van der Waals surface area contributed by atoms with E-state index < -0.39 is 0 Å². The molecule has 0 amide bonds. The first-order chi connectivity index (χ1) is 11.3. The zero-order valence-electron chi connectivity index (χ0n) is 12.8. The quantitative estimate of drug-likeness (QED) is 0.602. The summed E-state index contributed by atoms with van der Waals surface area (Å²) >= 11 is 5.28.